The van der Waals surface area contributed by atoms with Crippen LogP contribution in [0, 0.1) is 0 Å². The van der Waals surface area contributed by atoms with E-state index in [2.05, 4.69) is 20.9 Å². The molecule has 0 aliphatic rings. The van der Waals surface area contributed by atoms with Crippen LogP contribution in [0.1, 0.15) is 0 Å². The van der Waals surface area contributed by atoms with Crippen molar-refractivity contribution in [3.05, 3.63) is 28.5 Å². The summed E-state index contributed by atoms with van der Waals surface area (Å²) >= 11 is 4.88. The van der Waals surface area contributed by atoms with Crippen LogP contribution in [0.25, 0.3) is 10.6 Å². The summed E-state index contributed by atoms with van der Waals surface area (Å²) < 4.78 is 6.04. The van der Waals surface area contributed by atoms with Crippen LogP contribution in [0.2, 0.25) is 0 Å². The molecule has 0 unspecified atom stereocenters. The average Bonchev–Trinajstić information content (AvgIpc) is 2.55. The molecule has 0 saturated carbocycles. The quantitative estimate of drug-likeness (QED) is 0.751. The molecule has 0 bridgehead atoms. The van der Waals surface area contributed by atoms with Crippen LogP contribution in [0.3, 0.4) is 0 Å². The number of hydrogen-bond donors (Lipinski definition) is 0. The lowest BCUT2D eigenvalue weighted by atomic mass is 10.4. The summed E-state index contributed by atoms with van der Waals surface area (Å²) in [4.78, 5) is 5.08. The van der Waals surface area contributed by atoms with Crippen molar-refractivity contribution in [1.82, 2.24) is 4.98 Å². The van der Waals surface area contributed by atoms with Gasteiger partial charge < -0.3 is 4.42 Å². The third-order valence-electron chi connectivity index (χ3n) is 1.27. The van der Waals surface area contributed by atoms with Gasteiger partial charge in [-0.05, 0) is 28.1 Å². The molecule has 0 spiro atoms. The Balaban J connectivity index is 2.53. The Morgan fingerprint density at radius 3 is 3.00 bits per heavy atom. The first-order valence-electron chi connectivity index (χ1n) is 3.01. The van der Waals surface area contributed by atoms with Gasteiger partial charge >= 0.3 is 0 Å². The normalized spacial score (nSPS) is 10.3. The van der Waals surface area contributed by atoms with Crippen molar-refractivity contribution < 1.29 is 4.42 Å². The first kappa shape index (κ1) is 7.06. The largest absolute Gasteiger partial charge is 0.463 e. The van der Waals surface area contributed by atoms with Gasteiger partial charge in [-0.15, -0.1) is 11.3 Å². The third-order valence-corrected chi connectivity index (χ3v) is 2.97. The van der Waals surface area contributed by atoms with Gasteiger partial charge in [0.1, 0.15) is 15.2 Å². The molecule has 0 radical (unpaired) electrons. The minimum Gasteiger partial charge on any atom is -0.463 e. The first-order chi connectivity index (χ1) is 5.38. The molecular weight excluding hydrogens is 226 g/mol. The summed E-state index contributed by atoms with van der Waals surface area (Å²) in [7, 11) is 0. The van der Waals surface area contributed by atoms with Gasteiger partial charge in [0.05, 0.1) is 11.8 Å². The van der Waals surface area contributed by atoms with E-state index in [9.17, 15) is 0 Å². The highest BCUT2D eigenvalue weighted by molar-refractivity contribution is 9.10. The minimum atomic E-state index is 0.845. The second-order valence-electron chi connectivity index (χ2n) is 1.95. The van der Waals surface area contributed by atoms with Crippen LogP contribution in [-0.4, -0.2) is 4.98 Å². The van der Waals surface area contributed by atoms with Gasteiger partial charge in [0.2, 0.25) is 0 Å². The van der Waals surface area contributed by atoms with Gasteiger partial charge in [0.25, 0.3) is 0 Å². The van der Waals surface area contributed by atoms with E-state index in [1.165, 1.54) is 0 Å². The van der Waals surface area contributed by atoms with Gasteiger partial charge in [-0.3, -0.25) is 0 Å². The van der Waals surface area contributed by atoms with Crippen molar-refractivity contribution in [2.75, 3.05) is 0 Å². The molecule has 2 aromatic heterocycles. The summed E-state index contributed by atoms with van der Waals surface area (Å²) in [6.45, 7) is 0. The molecule has 0 aliphatic carbocycles. The molecule has 0 aliphatic heterocycles. The smallest absolute Gasteiger partial charge is 0.146 e. The van der Waals surface area contributed by atoms with E-state index < -0.39 is 0 Å². The minimum absolute atomic E-state index is 0.845. The number of hydrogen-bond acceptors (Lipinski definition) is 3. The lowest BCUT2D eigenvalue weighted by Gasteiger charge is -1.88. The van der Waals surface area contributed by atoms with Crippen LogP contribution < -0.4 is 0 Å². The van der Waals surface area contributed by atoms with Crippen LogP contribution in [-0.2, 0) is 0 Å². The lowest BCUT2D eigenvalue weighted by molar-refractivity contribution is 0.583. The molecule has 11 heavy (non-hydrogen) atoms. The SMILES string of the molecule is Brc1ncsc1-c1ccco1. The molecule has 2 nitrogen and oxygen atoms in total. The van der Waals surface area contributed by atoms with E-state index in [0.717, 1.165) is 15.2 Å². The molecule has 56 valence electrons. The Bertz CT molecular complexity index is 341. The zero-order valence-corrected chi connectivity index (χ0v) is 7.85. The van der Waals surface area contributed by atoms with Crippen molar-refractivity contribution in [3.8, 4) is 10.6 Å². The highest BCUT2D eigenvalue weighted by Gasteiger charge is 2.07. The topological polar surface area (TPSA) is 26.0 Å². The van der Waals surface area contributed by atoms with E-state index in [1.807, 2.05) is 12.1 Å². The molecule has 0 fully saturated rings. The predicted octanol–water partition coefficient (Wildman–Crippen LogP) is 3.17. The van der Waals surface area contributed by atoms with E-state index in [1.54, 1.807) is 23.1 Å². The molecule has 0 atom stereocenters. The molecule has 0 aromatic carbocycles. The molecule has 2 aromatic rings. The van der Waals surface area contributed by atoms with Crippen molar-refractivity contribution in [3.63, 3.8) is 0 Å². The Morgan fingerprint density at radius 2 is 2.45 bits per heavy atom. The van der Waals surface area contributed by atoms with Crippen LogP contribution in [0.4, 0.5) is 0 Å². The predicted molar refractivity (Wildman–Crippen MR) is 47.5 cm³/mol. The molecule has 0 saturated heterocycles. The maximum absolute atomic E-state index is 5.20. The molecule has 0 N–H and O–H groups in total. The lowest BCUT2D eigenvalue weighted by Crippen LogP contribution is -1.66. The molecule has 4 heteroatoms. The number of thiazole rings is 1. The van der Waals surface area contributed by atoms with E-state index in [0.29, 0.717) is 0 Å². The number of rotatable bonds is 1. The highest BCUT2D eigenvalue weighted by atomic mass is 79.9. The van der Waals surface area contributed by atoms with Crippen molar-refractivity contribution in [2.45, 2.75) is 0 Å². The van der Waals surface area contributed by atoms with Crippen LogP contribution >= 0.6 is 27.3 Å². The van der Waals surface area contributed by atoms with E-state index in [-0.39, 0.29) is 0 Å². The summed E-state index contributed by atoms with van der Waals surface area (Å²) in [6, 6.07) is 3.78. The molecule has 2 heterocycles. The monoisotopic (exact) mass is 229 g/mol. The van der Waals surface area contributed by atoms with E-state index >= 15 is 0 Å². The fourth-order valence-corrected chi connectivity index (χ4v) is 2.16. The summed E-state index contributed by atoms with van der Waals surface area (Å²) in [6.07, 6.45) is 1.65. The Kier molecular flexibility index (Phi) is 1.79. The Hall–Kier alpha value is -0.610. The average molecular weight is 230 g/mol. The Labute approximate surface area is 76.0 Å². The van der Waals surface area contributed by atoms with Gasteiger partial charge in [-0.2, -0.15) is 0 Å². The van der Waals surface area contributed by atoms with Crippen LogP contribution in [0.5, 0.6) is 0 Å². The van der Waals surface area contributed by atoms with Gasteiger partial charge in [0, 0.05) is 0 Å². The van der Waals surface area contributed by atoms with Gasteiger partial charge in [-0.25, -0.2) is 4.98 Å². The van der Waals surface area contributed by atoms with Gasteiger partial charge in [-0.1, -0.05) is 0 Å². The Morgan fingerprint density at radius 1 is 1.55 bits per heavy atom. The van der Waals surface area contributed by atoms with Gasteiger partial charge in [0.15, 0.2) is 0 Å². The summed E-state index contributed by atoms with van der Waals surface area (Å²) in [5.74, 6) is 0.861. The van der Waals surface area contributed by atoms with Crippen molar-refractivity contribution in [1.29, 1.82) is 0 Å². The zero-order chi connectivity index (χ0) is 7.68. The van der Waals surface area contributed by atoms with Crippen molar-refractivity contribution in [2.24, 2.45) is 0 Å². The molecule has 0 amide bonds. The fraction of sp³-hybridized carbons (Fsp3) is 0. The molecule has 2 rings (SSSR count). The number of furan rings is 1. The maximum Gasteiger partial charge on any atom is 0.146 e. The summed E-state index contributed by atoms with van der Waals surface area (Å²) in [5.41, 5.74) is 1.78. The summed E-state index contributed by atoms with van der Waals surface area (Å²) in [5, 5.41) is 0. The maximum atomic E-state index is 5.20. The first-order valence-corrected chi connectivity index (χ1v) is 4.68. The third kappa shape index (κ3) is 1.23. The van der Waals surface area contributed by atoms with E-state index in [4.69, 9.17) is 4.42 Å². The number of nitrogens with zero attached hydrogens (tertiary/aromatic N) is 1. The molecular formula is C7H4BrNOS. The van der Waals surface area contributed by atoms with Crippen LogP contribution in [0.15, 0.2) is 32.9 Å². The second-order valence-corrected chi connectivity index (χ2v) is 3.56. The van der Waals surface area contributed by atoms with Crippen molar-refractivity contribution >= 4 is 27.3 Å². The highest BCUT2D eigenvalue weighted by Crippen LogP contribution is 2.31. The fourth-order valence-electron chi connectivity index (χ4n) is 0.800. The number of halogens is 1. The number of aromatic nitrogens is 1. The standard InChI is InChI=1S/C7H4BrNOS/c8-7-6(11-4-9-7)5-2-1-3-10-5/h1-4H. The second kappa shape index (κ2) is 2.79. The zero-order valence-electron chi connectivity index (χ0n) is 5.45.